The number of thiocarbonyl (C=S) groups is 1. The predicted molar refractivity (Wildman–Crippen MR) is 106 cm³/mol. The summed E-state index contributed by atoms with van der Waals surface area (Å²) in [5.74, 6) is 1.28. The maximum Gasteiger partial charge on any atom is 0.187 e. The molecule has 1 aliphatic rings. The van der Waals surface area contributed by atoms with Crippen molar-refractivity contribution in [2.45, 2.75) is 0 Å². The lowest BCUT2D eigenvalue weighted by Crippen LogP contribution is -2.42. The molecule has 0 radical (unpaired) electrons. The van der Waals surface area contributed by atoms with E-state index in [0.29, 0.717) is 16.6 Å². The summed E-state index contributed by atoms with van der Waals surface area (Å²) >= 11 is 8.67. The van der Waals surface area contributed by atoms with Crippen LogP contribution >= 0.6 is 28.1 Å². The van der Waals surface area contributed by atoms with E-state index in [4.69, 9.17) is 26.4 Å². The summed E-state index contributed by atoms with van der Waals surface area (Å²) in [6, 6.07) is 3.73. The van der Waals surface area contributed by atoms with Gasteiger partial charge in [0.1, 0.15) is 0 Å². The molecule has 0 saturated carbocycles. The molecule has 7 nitrogen and oxygen atoms in total. The van der Waals surface area contributed by atoms with Crippen molar-refractivity contribution in [3.63, 3.8) is 0 Å². The average Bonchev–Trinajstić information content (AvgIpc) is 2.62. The van der Waals surface area contributed by atoms with Crippen molar-refractivity contribution in [2.24, 2.45) is 5.10 Å². The number of ether oxygens (including phenoxy) is 3. The molecule has 2 rings (SSSR count). The molecule has 1 aromatic carbocycles. The molecule has 0 spiro atoms. The third-order valence-electron chi connectivity index (χ3n) is 3.65. The quantitative estimate of drug-likeness (QED) is 0.386. The fourth-order valence-electron chi connectivity index (χ4n) is 2.37. The summed E-state index contributed by atoms with van der Waals surface area (Å²) < 4.78 is 16.7. The molecule has 1 saturated heterocycles. The summed E-state index contributed by atoms with van der Waals surface area (Å²) in [7, 11) is 3.19. The molecular weight excluding hydrogens is 408 g/mol. The lowest BCUT2D eigenvalue weighted by atomic mass is 10.2. The third kappa shape index (κ3) is 6.43. The molecule has 1 fully saturated rings. The fourth-order valence-corrected chi connectivity index (χ4v) is 3.15. The number of nitrogens with zero attached hydrogens (tertiary/aromatic N) is 2. The first-order valence-electron chi connectivity index (χ1n) is 7.92. The minimum Gasteiger partial charge on any atom is -0.493 e. The first-order valence-corrected chi connectivity index (χ1v) is 9.12. The molecular formula is C16H23BrN4O3S. The van der Waals surface area contributed by atoms with Crippen LogP contribution < -0.4 is 20.2 Å². The zero-order valence-corrected chi connectivity index (χ0v) is 16.8. The van der Waals surface area contributed by atoms with Gasteiger partial charge in [0.15, 0.2) is 16.6 Å². The van der Waals surface area contributed by atoms with Crippen LogP contribution in [0.5, 0.6) is 11.5 Å². The lowest BCUT2D eigenvalue weighted by molar-refractivity contribution is 0.0389. The van der Waals surface area contributed by atoms with E-state index in [1.165, 1.54) is 0 Å². The fraction of sp³-hybridized carbons (Fsp3) is 0.500. The lowest BCUT2D eigenvalue weighted by Gasteiger charge is -2.26. The molecule has 9 heteroatoms. The second-order valence-electron chi connectivity index (χ2n) is 5.32. The number of methoxy groups -OCH3 is 2. The number of rotatable bonds is 7. The molecule has 1 aromatic rings. The first kappa shape index (κ1) is 19.9. The van der Waals surface area contributed by atoms with Gasteiger partial charge < -0.3 is 19.5 Å². The highest BCUT2D eigenvalue weighted by molar-refractivity contribution is 9.10. The van der Waals surface area contributed by atoms with Crippen molar-refractivity contribution < 1.29 is 14.2 Å². The molecule has 0 aliphatic carbocycles. The Morgan fingerprint density at radius 3 is 2.80 bits per heavy atom. The van der Waals surface area contributed by atoms with E-state index in [1.54, 1.807) is 20.4 Å². The van der Waals surface area contributed by atoms with Crippen LogP contribution in [0.25, 0.3) is 0 Å². The number of hydrazone groups is 1. The Balaban J connectivity index is 1.77. The minimum absolute atomic E-state index is 0.490. The molecule has 0 amide bonds. The highest BCUT2D eigenvalue weighted by atomic mass is 79.9. The van der Waals surface area contributed by atoms with Crippen LogP contribution in [0.2, 0.25) is 0 Å². The first-order chi connectivity index (χ1) is 12.1. The predicted octanol–water partition coefficient (Wildman–Crippen LogP) is 1.60. The van der Waals surface area contributed by atoms with Gasteiger partial charge in [-0.2, -0.15) is 5.10 Å². The van der Waals surface area contributed by atoms with Crippen LogP contribution in [-0.2, 0) is 4.74 Å². The normalized spacial score (nSPS) is 15.2. The van der Waals surface area contributed by atoms with Gasteiger partial charge in [-0.3, -0.25) is 10.3 Å². The summed E-state index contributed by atoms with van der Waals surface area (Å²) in [6.45, 7) is 5.23. The maximum atomic E-state index is 5.32. The van der Waals surface area contributed by atoms with E-state index >= 15 is 0 Å². The van der Waals surface area contributed by atoms with Gasteiger partial charge in [0.2, 0.25) is 0 Å². The number of hydrogen-bond donors (Lipinski definition) is 2. The second-order valence-corrected chi connectivity index (χ2v) is 6.58. The van der Waals surface area contributed by atoms with Gasteiger partial charge in [-0.05, 0) is 45.8 Å². The van der Waals surface area contributed by atoms with Gasteiger partial charge in [0.25, 0.3) is 0 Å². The maximum absolute atomic E-state index is 5.32. The summed E-state index contributed by atoms with van der Waals surface area (Å²) in [4.78, 5) is 2.34. The molecule has 0 bridgehead atoms. The van der Waals surface area contributed by atoms with E-state index in [9.17, 15) is 0 Å². The SMILES string of the molecule is COc1cc(/C=N/NC(=S)NCCN2CCOCC2)cc(Br)c1OC. The Bertz CT molecular complexity index is 609. The van der Waals surface area contributed by atoms with Crippen LogP contribution in [0.15, 0.2) is 21.7 Å². The largest absolute Gasteiger partial charge is 0.493 e. The van der Waals surface area contributed by atoms with E-state index < -0.39 is 0 Å². The summed E-state index contributed by atoms with van der Waals surface area (Å²) in [6.07, 6.45) is 1.67. The molecule has 1 heterocycles. The van der Waals surface area contributed by atoms with Crippen LogP contribution in [0.4, 0.5) is 0 Å². The van der Waals surface area contributed by atoms with Gasteiger partial charge in [0.05, 0.1) is 38.1 Å². The number of halogens is 1. The van der Waals surface area contributed by atoms with Crippen molar-refractivity contribution in [1.82, 2.24) is 15.6 Å². The monoisotopic (exact) mass is 430 g/mol. The van der Waals surface area contributed by atoms with Gasteiger partial charge in [-0.15, -0.1) is 0 Å². The van der Waals surface area contributed by atoms with E-state index in [1.807, 2.05) is 12.1 Å². The smallest absolute Gasteiger partial charge is 0.187 e. The van der Waals surface area contributed by atoms with Crippen molar-refractivity contribution in [3.8, 4) is 11.5 Å². The third-order valence-corrected chi connectivity index (χ3v) is 4.48. The summed E-state index contributed by atoms with van der Waals surface area (Å²) in [5, 5.41) is 7.78. The number of morpholine rings is 1. The van der Waals surface area contributed by atoms with Crippen molar-refractivity contribution in [3.05, 3.63) is 22.2 Å². The van der Waals surface area contributed by atoms with Gasteiger partial charge in [-0.1, -0.05) is 0 Å². The average molecular weight is 431 g/mol. The Morgan fingerprint density at radius 1 is 1.36 bits per heavy atom. The number of benzene rings is 1. The Labute approximate surface area is 161 Å². The standard InChI is InChI=1S/C16H23BrN4O3S/c1-22-14-10-12(9-13(17)15(14)23-2)11-19-20-16(25)18-3-4-21-5-7-24-8-6-21/h9-11H,3-8H2,1-2H3,(H2,18,20,25)/b19-11+. The molecule has 0 unspecified atom stereocenters. The second kappa shape index (κ2) is 10.5. The van der Waals surface area contributed by atoms with Gasteiger partial charge in [-0.25, -0.2) is 0 Å². The molecule has 138 valence electrons. The molecule has 25 heavy (non-hydrogen) atoms. The number of hydrogen-bond acceptors (Lipinski definition) is 6. The van der Waals surface area contributed by atoms with Crippen molar-refractivity contribution in [2.75, 3.05) is 53.6 Å². The zero-order valence-electron chi connectivity index (χ0n) is 14.4. The molecule has 2 N–H and O–H groups in total. The van der Waals surface area contributed by atoms with Crippen LogP contribution in [0, 0.1) is 0 Å². The minimum atomic E-state index is 0.490. The topological polar surface area (TPSA) is 67.4 Å². The zero-order chi connectivity index (χ0) is 18.1. The van der Waals surface area contributed by atoms with E-state index in [-0.39, 0.29) is 0 Å². The van der Waals surface area contributed by atoms with Gasteiger partial charge >= 0.3 is 0 Å². The van der Waals surface area contributed by atoms with E-state index in [0.717, 1.165) is 49.4 Å². The Hall–Kier alpha value is -1.42. The summed E-state index contributed by atoms with van der Waals surface area (Å²) in [5.41, 5.74) is 3.67. The number of nitrogens with one attached hydrogen (secondary N) is 2. The molecule has 0 atom stereocenters. The Morgan fingerprint density at radius 2 is 2.12 bits per heavy atom. The highest BCUT2D eigenvalue weighted by Gasteiger charge is 2.10. The van der Waals surface area contributed by atoms with Crippen LogP contribution in [0.1, 0.15) is 5.56 Å². The van der Waals surface area contributed by atoms with Crippen LogP contribution in [-0.4, -0.2) is 69.8 Å². The molecule has 1 aliphatic heterocycles. The van der Waals surface area contributed by atoms with Crippen molar-refractivity contribution in [1.29, 1.82) is 0 Å². The highest BCUT2D eigenvalue weighted by Crippen LogP contribution is 2.35. The van der Waals surface area contributed by atoms with Crippen molar-refractivity contribution >= 4 is 39.5 Å². The van der Waals surface area contributed by atoms with E-state index in [2.05, 4.69) is 36.7 Å². The molecule has 0 aromatic heterocycles. The van der Waals surface area contributed by atoms with Gasteiger partial charge in [0, 0.05) is 26.2 Å². The Kier molecular flexibility index (Phi) is 8.39. The van der Waals surface area contributed by atoms with Crippen LogP contribution in [0.3, 0.4) is 0 Å².